The molecule has 1 aliphatic rings. The number of fused-ring (bicyclic) bond motifs is 2. The van der Waals surface area contributed by atoms with Crippen LogP contribution in [0.3, 0.4) is 0 Å². The van der Waals surface area contributed by atoms with E-state index in [-0.39, 0.29) is 11.6 Å². The van der Waals surface area contributed by atoms with Crippen molar-refractivity contribution < 1.29 is 9.18 Å². The number of benzene rings is 1. The van der Waals surface area contributed by atoms with Gasteiger partial charge in [-0.25, -0.2) is 13.9 Å². The molecule has 1 aliphatic carbocycles. The molecule has 0 aliphatic heterocycles. The molecule has 1 unspecified atom stereocenters. The number of Topliss-reactive ketones (excluding diaryl/α,β-unsaturated/α-hetero) is 1. The first-order valence-corrected chi connectivity index (χ1v) is 7.28. The summed E-state index contributed by atoms with van der Waals surface area (Å²) in [5.41, 5.74) is 3.90. The SMILES string of the molecule is CC1CC(=O)c2cn3ncc(-c4ccc(F)cc4)c3nc2C1. The highest BCUT2D eigenvalue weighted by Gasteiger charge is 2.25. The van der Waals surface area contributed by atoms with Crippen molar-refractivity contribution in [2.75, 3.05) is 0 Å². The van der Waals surface area contributed by atoms with Crippen molar-refractivity contribution in [3.05, 3.63) is 53.7 Å². The van der Waals surface area contributed by atoms with E-state index < -0.39 is 0 Å². The summed E-state index contributed by atoms with van der Waals surface area (Å²) in [5, 5.41) is 4.29. The number of ketones is 1. The fraction of sp³-hybridized carbons (Fsp3) is 0.235. The molecule has 3 aromatic rings. The molecule has 0 saturated carbocycles. The maximum absolute atomic E-state index is 13.1. The van der Waals surface area contributed by atoms with Crippen LogP contribution >= 0.6 is 0 Å². The fourth-order valence-electron chi connectivity index (χ4n) is 3.00. The van der Waals surface area contributed by atoms with Crippen molar-refractivity contribution in [2.24, 2.45) is 5.92 Å². The molecule has 4 rings (SSSR count). The topological polar surface area (TPSA) is 47.3 Å². The van der Waals surface area contributed by atoms with E-state index in [1.54, 1.807) is 29.0 Å². The summed E-state index contributed by atoms with van der Waals surface area (Å²) in [5.74, 6) is 0.166. The van der Waals surface area contributed by atoms with E-state index in [0.29, 0.717) is 23.5 Å². The van der Waals surface area contributed by atoms with Crippen LogP contribution in [0.5, 0.6) is 0 Å². The van der Waals surface area contributed by atoms with E-state index in [9.17, 15) is 9.18 Å². The van der Waals surface area contributed by atoms with E-state index >= 15 is 0 Å². The molecule has 0 saturated heterocycles. The first kappa shape index (κ1) is 13.1. The molecule has 1 atom stereocenters. The lowest BCUT2D eigenvalue weighted by Gasteiger charge is -2.19. The molecule has 0 amide bonds. The summed E-state index contributed by atoms with van der Waals surface area (Å²) in [7, 11) is 0. The van der Waals surface area contributed by atoms with E-state index in [2.05, 4.69) is 17.0 Å². The average molecular weight is 295 g/mol. The number of halogens is 1. The summed E-state index contributed by atoms with van der Waals surface area (Å²) in [6.07, 6.45) is 4.83. The van der Waals surface area contributed by atoms with Gasteiger partial charge in [-0.1, -0.05) is 19.1 Å². The molecular formula is C17H14FN3O. The third kappa shape index (κ3) is 2.01. The fourth-order valence-corrected chi connectivity index (χ4v) is 3.00. The van der Waals surface area contributed by atoms with Gasteiger partial charge in [0.2, 0.25) is 0 Å². The third-order valence-corrected chi connectivity index (χ3v) is 4.10. The van der Waals surface area contributed by atoms with E-state index in [1.165, 1.54) is 12.1 Å². The van der Waals surface area contributed by atoms with E-state index in [1.807, 2.05) is 0 Å². The molecule has 0 spiro atoms. The zero-order chi connectivity index (χ0) is 15.3. The Hall–Kier alpha value is -2.56. The highest BCUT2D eigenvalue weighted by Crippen LogP contribution is 2.28. The van der Waals surface area contributed by atoms with Gasteiger partial charge in [-0.2, -0.15) is 5.10 Å². The minimum atomic E-state index is -0.273. The van der Waals surface area contributed by atoms with Crippen LogP contribution in [0, 0.1) is 11.7 Å². The standard InChI is InChI=1S/C17H14FN3O/c1-10-6-15-14(16(22)7-10)9-21-17(20-15)13(8-19-21)11-2-4-12(18)5-3-11/h2-5,8-10H,6-7H2,1H3. The lowest BCUT2D eigenvalue weighted by molar-refractivity contribution is 0.0951. The Kier molecular flexibility index (Phi) is 2.82. The Morgan fingerprint density at radius 1 is 1.18 bits per heavy atom. The van der Waals surface area contributed by atoms with Crippen LogP contribution in [0.25, 0.3) is 16.8 Å². The predicted octanol–water partition coefficient (Wildman–Crippen LogP) is 3.30. The second-order valence-corrected chi connectivity index (χ2v) is 5.87. The summed E-state index contributed by atoms with van der Waals surface area (Å²) in [4.78, 5) is 16.8. The van der Waals surface area contributed by atoms with Crippen LogP contribution in [0.2, 0.25) is 0 Å². The van der Waals surface area contributed by atoms with Crippen molar-refractivity contribution in [3.8, 4) is 11.1 Å². The highest BCUT2D eigenvalue weighted by atomic mass is 19.1. The summed E-state index contributed by atoms with van der Waals surface area (Å²) in [6.45, 7) is 2.06. The number of hydrogen-bond donors (Lipinski definition) is 0. The number of rotatable bonds is 1. The van der Waals surface area contributed by atoms with Gasteiger partial charge in [0.05, 0.1) is 17.5 Å². The summed E-state index contributed by atoms with van der Waals surface area (Å²) in [6, 6.07) is 6.26. The molecular weight excluding hydrogens is 281 g/mol. The number of carbonyl (C=O) groups excluding carboxylic acids is 1. The smallest absolute Gasteiger partial charge is 0.166 e. The Labute approximate surface area is 126 Å². The summed E-state index contributed by atoms with van der Waals surface area (Å²) >= 11 is 0. The van der Waals surface area contributed by atoms with E-state index in [4.69, 9.17) is 0 Å². The van der Waals surface area contributed by atoms with E-state index in [0.717, 1.165) is 23.2 Å². The van der Waals surface area contributed by atoms with Crippen LogP contribution in [0.1, 0.15) is 29.4 Å². The van der Waals surface area contributed by atoms with Crippen molar-refractivity contribution in [3.63, 3.8) is 0 Å². The number of carbonyl (C=O) groups is 1. The van der Waals surface area contributed by atoms with Gasteiger partial charge in [0.15, 0.2) is 11.4 Å². The number of nitrogens with zero attached hydrogens (tertiary/aromatic N) is 3. The average Bonchev–Trinajstić information content (AvgIpc) is 2.89. The van der Waals surface area contributed by atoms with Gasteiger partial charge < -0.3 is 0 Å². The normalized spacial score (nSPS) is 17.7. The molecule has 22 heavy (non-hydrogen) atoms. The molecule has 0 radical (unpaired) electrons. The predicted molar refractivity (Wildman–Crippen MR) is 80.2 cm³/mol. The lowest BCUT2D eigenvalue weighted by Crippen LogP contribution is -2.20. The van der Waals surface area contributed by atoms with Crippen LogP contribution in [-0.4, -0.2) is 20.4 Å². The van der Waals surface area contributed by atoms with Crippen LogP contribution in [0.4, 0.5) is 4.39 Å². The maximum Gasteiger partial charge on any atom is 0.166 e. The number of hydrogen-bond acceptors (Lipinski definition) is 3. The van der Waals surface area contributed by atoms with Crippen LogP contribution < -0.4 is 0 Å². The molecule has 4 nitrogen and oxygen atoms in total. The van der Waals surface area contributed by atoms with Gasteiger partial charge in [0.25, 0.3) is 0 Å². The number of aromatic nitrogens is 3. The second kappa shape index (κ2) is 4.73. The molecule has 2 heterocycles. The van der Waals surface area contributed by atoms with Gasteiger partial charge >= 0.3 is 0 Å². The van der Waals surface area contributed by atoms with Crippen molar-refractivity contribution in [2.45, 2.75) is 19.8 Å². The molecule has 5 heteroatoms. The Bertz CT molecular complexity index is 883. The van der Waals surface area contributed by atoms with Gasteiger partial charge in [-0.3, -0.25) is 4.79 Å². The molecule has 1 aromatic carbocycles. The lowest BCUT2D eigenvalue weighted by atomic mass is 9.88. The van der Waals surface area contributed by atoms with Crippen molar-refractivity contribution >= 4 is 11.4 Å². The minimum Gasteiger partial charge on any atom is -0.294 e. The Morgan fingerprint density at radius 2 is 1.95 bits per heavy atom. The minimum absolute atomic E-state index is 0.127. The molecule has 0 N–H and O–H groups in total. The highest BCUT2D eigenvalue weighted by molar-refractivity contribution is 5.98. The first-order valence-electron chi connectivity index (χ1n) is 7.28. The van der Waals surface area contributed by atoms with Crippen LogP contribution in [0.15, 0.2) is 36.7 Å². The molecule has 0 fully saturated rings. The zero-order valence-corrected chi connectivity index (χ0v) is 12.1. The molecule has 2 aromatic heterocycles. The summed E-state index contributed by atoms with van der Waals surface area (Å²) < 4.78 is 14.7. The third-order valence-electron chi connectivity index (χ3n) is 4.10. The van der Waals surface area contributed by atoms with Gasteiger partial charge in [-0.05, 0) is 30.0 Å². The Morgan fingerprint density at radius 3 is 2.73 bits per heavy atom. The van der Waals surface area contributed by atoms with Gasteiger partial charge in [-0.15, -0.1) is 0 Å². The van der Waals surface area contributed by atoms with Gasteiger partial charge in [0.1, 0.15) is 5.82 Å². The maximum atomic E-state index is 13.1. The first-order chi connectivity index (χ1) is 10.6. The zero-order valence-electron chi connectivity index (χ0n) is 12.1. The van der Waals surface area contributed by atoms with Gasteiger partial charge in [0, 0.05) is 18.2 Å². The monoisotopic (exact) mass is 295 g/mol. The molecule has 0 bridgehead atoms. The largest absolute Gasteiger partial charge is 0.294 e. The quantitative estimate of drug-likeness (QED) is 0.692. The van der Waals surface area contributed by atoms with Crippen molar-refractivity contribution in [1.29, 1.82) is 0 Å². The second-order valence-electron chi connectivity index (χ2n) is 5.87. The Balaban J connectivity index is 1.90. The van der Waals surface area contributed by atoms with Crippen molar-refractivity contribution in [1.82, 2.24) is 14.6 Å². The molecule has 110 valence electrons. The van der Waals surface area contributed by atoms with Crippen LogP contribution in [-0.2, 0) is 6.42 Å².